The van der Waals surface area contributed by atoms with Crippen molar-refractivity contribution in [3.05, 3.63) is 69.5 Å². The third kappa shape index (κ3) is 4.88. The van der Waals surface area contributed by atoms with Gasteiger partial charge in [-0.3, -0.25) is 14.5 Å². The minimum absolute atomic E-state index is 0.144. The number of thioether (sulfide) groups is 1. The summed E-state index contributed by atoms with van der Waals surface area (Å²) in [5.41, 5.74) is 1.53. The molecule has 1 aliphatic rings. The molecule has 2 aromatic rings. The van der Waals surface area contributed by atoms with Crippen molar-refractivity contribution >= 4 is 67.8 Å². The van der Waals surface area contributed by atoms with Crippen LogP contribution in [0.5, 0.6) is 0 Å². The summed E-state index contributed by atoms with van der Waals surface area (Å²) in [5.74, 6) is -0.597. The molecule has 3 rings (SSSR count). The summed E-state index contributed by atoms with van der Waals surface area (Å²) in [6.45, 7) is -0.206. The maximum absolute atomic E-state index is 12.8. The highest BCUT2D eigenvalue weighted by Crippen LogP contribution is 2.33. The van der Waals surface area contributed by atoms with E-state index in [-0.39, 0.29) is 31.5 Å². The normalized spacial score (nSPS) is 15.4. The van der Waals surface area contributed by atoms with Crippen LogP contribution >= 0.6 is 39.9 Å². The van der Waals surface area contributed by atoms with Crippen LogP contribution in [0.4, 0.5) is 5.69 Å². The molecule has 5 nitrogen and oxygen atoms in total. The maximum Gasteiger partial charge on any atom is 0.266 e. The Morgan fingerprint density at radius 3 is 2.64 bits per heavy atom. The SMILES string of the molecule is O=C1/C(=C/c2cccc(Br)c2)SC(=S)N1CC(=O)N(CCO)c1ccccc1. The standard InChI is InChI=1S/C20H17BrN2O3S2/c21-15-6-4-5-14(11-15)12-17-19(26)23(20(27)28-17)13-18(25)22(9-10-24)16-7-2-1-3-8-16/h1-8,11-12,24H,9-10,13H2/b17-12-. The molecule has 0 radical (unpaired) electrons. The van der Waals surface area contributed by atoms with Gasteiger partial charge in [-0.15, -0.1) is 0 Å². The molecule has 144 valence electrons. The highest BCUT2D eigenvalue weighted by Gasteiger charge is 2.34. The number of carbonyl (C=O) groups is 2. The van der Waals surface area contributed by atoms with E-state index in [1.807, 2.05) is 42.5 Å². The molecule has 1 aliphatic heterocycles. The minimum atomic E-state index is -0.305. The van der Waals surface area contributed by atoms with Gasteiger partial charge in [-0.2, -0.15) is 0 Å². The van der Waals surface area contributed by atoms with Crippen molar-refractivity contribution in [2.75, 3.05) is 24.6 Å². The lowest BCUT2D eigenvalue weighted by Crippen LogP contribution is -2.43. The van der Waals surface area contributed by atoms with E-state index in [0.29, 0.717) is 14.9 Å². The molecule has 1 saturated heterocycles. The molecule has 0 unspecified atom stereocenters. The number of amides is 2. The van der Waals surface area contributed by atoms with Gasteiger partial charge in [0.15, 0.2) is 0 Å². The van der Waals surface area contributed by atoms with Gasteiger partial charge in [-0.05, 0) is 35.9 Å². The number of benzene rings is 2. The average molecular weight is 477 g/mol. The smallest absolute Gasteiger partial charge is 0.266 e. The van der Waals surface area contributed by atoms with Gasteiger partial charge in [-0.25, -0.2) is 0 Å². The van der Waals surface area contributed by atoms with Crippen molar-refractivity contribution < 1.29 is 14.7 Å². The van der Waals surface area contributed by atoms with Crippen molar-refractivity contribution in [1.29, 1.82) is 0 Å². The van der Waals surface area contributed by atoms with Crippen LogP contribution in [0.3, 0.4) is 0 Å². The van der Waals surface area contributed by atoms with Crippen molar-refractivity contribution in [3.63, 3.8) is 0 Å². The number of thiocarbonyl (C=S) groups is 1. The predicted molar refractivity (Wildman–Crippen MR) is 120 cm³/mol. The number of hydrogen-bond donors (Lipinski definition) is 1. The number of anilines is 1. The highest BCUT2D eigenvalue weighted by atomic mass is 79.9. The Balaban J connectivity index is 1.77. The van der Waals surface area contributed by atoms with Crippen molar-refractivity contribution in [2.24, 2.45) is 0 Å². The zero-order valence-corrected chi connectivity index (χ0v) is 18.0. The fourth-order valence-corrected chi connectivity index (χ4v) is 4.38. The molecule has 1 fully saturated rings. The first kappa shape index (κ1) is 20.7. The Labute approximate surface area is 181 Å². The Morgan fingerprint density at radius 2 is 1.96 bits per heavy atom. The van der Waals surface area contributed by atoms with E-state index in [0.717, 1.165) is 10.0 Å². The summed E-state index contributed by atoms with van der Waals surface area (Å²) in [6.07, 6.45) is 1.76. The van der Waals surface area contributed by atoms with E-state index in [1.54, 1.807) is 18.2 Å². The molecule has 1 N–H and O–H groups in total. The van der Waals surface area contributed by atoms with Gasteiger partial charge in [0, 0.05) is 16.7 Å². The van der Waals surface area contributed by atoms with Gasteiger partial charge < -0.3 is 10.0 Å². The first-order valence-corrected chi connectivity index (χ1v) is 10.5. The molecular formula is C20H17BrN2O3S2. The second-order valence-corrected chi connectivity index (χ2v) is 8.52. The summed E-state index contributed by atoms with van der Waals surface area (Å²) in [6, 6.07) is 16.6. The van der Waals surface area contributed by atoms with Crippen LogP contribution in [0.2, 0.25) is 0 Å². The fourth-order valence-electron chi connectivity index (χ4n) is 2.71. The van der Waals surface area contributed by atoms with Gasteiger partial charge in [0.25, 0.3) is 5.91 Å². The average Bonchev–Trinajstić information content (AvgIpc) is 2.94. The molecule has 1 heterocycles. The quantitative estimate of drug-likeness (QED) is 0.508. The lowest BCUT2D eigenvalue weighted by atomic mass is 10.2. The predicted octanol–water partition coefficient (Wildman–Crippen LogP) is 3.68. The minimum Gasteiger partial charge on any atom is -0.395 e. The lowest BCUT2D eigenvalue weighted by Gasteiger charge is -2.24. The molecular weight excluding hydrogens is 460 g/mol. The molecule has 0 aliphatic carbocycles. The van der Waals surface area contributed by atoms with Crippen LogP contribution < -0.4 is 4.90 Å². The zero-order valence-electron chi connectivity index (χ0n) is 14.7. The number of para-hydroxylation sites is 1. The molecule has 0 spiro atoms. The molecule has 2 aromatic carbocycles. The van der Waals surface area contributed by atoms with Crippen molar-refractivity contribution in [1.82, 2.24) is 4.90 Å². The molecule has 2 amide bonds. The summed E-state index contributed by atoms with van der Waals surface area (Å²) in [4.78, 5) is 28.8. The molecule has 0 aromatic heterocycles. The van der Waals surface area contributed by atoms with Gasteiger partial charge in [0.2, 0.25) is 5.91 Å². The largest absolute Gasteiger partial charge is 0.395 e. The van der Waals surface area contributed by atoms with Crippen LogP contribution in [0.1, 0.15) is 5.56 Å². The number of hydrogen-bond acceptors (Lipinski definition) is 5. The van der Waals surface area contributed by atoms with Gasteiger partial charge >= 0.3 is 0 Å². The van der Waals surface area contributed by atoms with Crippen molar-refractivity contribution in [2.45, 2.75) is 0 Å². The lowest BCUT2D eigenvalue weighted by molar-refractivity contribution is -0.127. The monoisotopic (exact) mass is 476 g/mol. The summed E-state index contributed by atoms with van der Waals surface area (Å²) < 4.78 is 1.26. The van der Waals surface area contributed by atoms with E-state index in [1.165, 1.54) is 21.6 Å². The van der Waals surface area contributed by atoms with Crippen molar-refractivity contribution in [3.8, 4) is 0 Å². The Hall–Kier alpha value is -2.00. The van der Waals surface area contributed by atoms with E-state index < -0.39 is 0 Å². The third-order valence-corrected chi connectivity index (χ3v) is 5.88. The van der Waals surface area contributed by atoms with Gasteiger partial charge in [0.05, 0.1) is 11.5 Å². The molecule has 0 bridgehead atoms. The number of halogens is 1. The number of nitrogens with zero attached hydrogens (tertiary/aromatic N) is 2. The van der Waals surface area contributed by atoms with Gasteiger partial charge in [0.1, 0.15) is 10.9 Å². The molecule has 0 saturated carbocycles. The van der Waals surface area contributed by atoms with Crippen LogP contribution in [-0.4, -0.2) is 45.8 Å². The van der Waals surface area contributed by atoms with Gasteiger partial charge in [-0.1, -0.05) is 70.2 Å². The third-order valence-electron chi connectivity index (χ3n) is 4.01. The number of carbonyl (C=O) groups excluding carboxylic acids is 2. The number of aliphatic hydroxyl groups excluding tert-OH is 1. The summed E-state index contributed by atoms with van der Waals surface area (Å²) in [5, 5.41) is 9.32. The zero-order chi connectivity index (χ0) is 20.1. The molecule has 8 heteroatoms. The number of rotatable bonds is 6. The van der Waals surface area contributed by atoms with E-state index in [9.17, 15) is 14.7 Å². The topological polar surface area (TPSA) is 60.9 Å². The summed E-state index contributed by atoms with van der Waals surface area (Å²) >= 11 is 9.91. The maximum atomic E-state index is 12.8. The van der Waals surface area contributed by atoms with E-state index in [2.05, 4.69) is 15.9 Å². The fraction of sp³-hybridized carbons (Fsp3) is 0.150. The molecule has 28 heavy (non-hydrogen) atoms. The molecule has 0 atom stereocenters. The van der Waals surface area contributed by atoms with Crippen LogP contribution in [-0.2, 0) is 9.59 Å². The van der Waals surface area contributed by atoms with Crippen LogP contribution in [0, 0.1) is 0 Å². The Kier molecular flexibility index (Phi) is 7.01. The highest BCUT2D eigenvalue weighted by molar-refractivity contribution is 9.10. The summed E-state index contributed by atoms with van der Waals surface area (Å²) in [7, 11) is 0. The first-order valence-electron chi connectivity index (χ1n) is 8.47. The van der Waals surface area contributed by atoms with Crippen LogP contribution in [0.25, 0.3) is 6.08 Å². The van der Waals surface area contributed by atoms with E-state index in [4.69, 9.17) is 12.2 Å². The second kappa shape index (κ2) is 9.47. The Bertz CT molecular complexity index is 934. The van der Waals surface area contributed by atoms with E-state index >= 15 is 0 Å². The second-order valence-electron chi connectivity index (χ2n) is 5.93. The Morgan fingerprint density at radius 1 is 1.21 bits per heavy atom. The van der Waals surface area contributed by atoms with Crippen LogP contribution in [0.15, 0.2) is 64.0 Å². The number of aliphatic hydroxyl groups is 1. The first-order chi connectivity index (χ1) is 13.5.